The molecule has 4 aliphatic carbocycles. The molecule has 3 nitrogen and oxygen atoms in total. The van der Waals surface area contributed by atoms with E-state index < -0.39 is 31.7 Å². The molecule has 2 saturated carbocycles. The van der Waals surface area contributed by atoms with Gasteiger partial charge in [0, 0.05) is 6.04 Å². The van der Waals surface area contributed by atoms with E-state index in [1.807, 2.05) is 0 Å². The second-order valence-electron chi connectivity index (χ2n) is 7.12. The summed E-state index contributed by atoms with van der Waals surface area (Å²) in [4.78, 5) is 20.6. The molecule has 0 bridgehead atoms. The Labute approximate surface area is 185 Å². The zero-order chi connectivity index (χ0) is 19.3. The molecule has 10 heteroatoms. The van der Waals surface area contributed by atoms with E-state index >= 15 is 0 Å². The van der Waals surface area contributed by atoms with Crippen LogP contribution in [0.25, 0.3) is 0 Å². The second kappa shape index (κ2) is 5.84. The van der Waals surface area contributed by atoms with Crippen LogP contribution in [-0.4, -0.2) is 32.4 Å². The molecule has 1 amide bonds. The van der Waals surface area contributed by atoms with Crippen molar-refractivity contribution in [2.45, 2.75) is 52.8 Å². The fraction of sp³-hybridized carbons (Fsp3) is 0.625. The summed E-state index contributed by atoms with van der Waals surface area (Å²) in [6.07, 6.45) is 4.77. The Bertz CT molecular complexity index is 819. The van der Waals surface area contributed by atoms with Gasteiger partial charge in [-0.2, -0.15) is 0 Å². The first kappa shape index (κ1) is 19.9. The number of nitrogens with one attached hydrogen (secondary N) is 1. The number of hydrogen-bond acceptors (Lipinski definition) is 2. The lowest BCUT2D eigenvalue weighted by Gasteiger charge is -2.30. The topological polar surface area (TPSA) is 46.2 Å². The standard InChI is InChI=1S/C16H12Cl7NO2/c17-7-8(18)13(21)9(19)10(20)15(22)14(13,11(7)25)16(15,23)12(26)24-6-4-2-1-3-5-6/h6H,1-5H2,(H,24,26)/t13-,14?,15-,16+/m0/s1. The smallest absolute Gasteiger partial charge is 0.244 e. The summed E-state index contributed by atoms with van der Waals surface area (Å²) < 4.78 is 0. The van der Waals surface area contributed by atoms with Crippen molar-refractivity contribution in [3.8, 4) is 0 Å². The van der Waals surface area contributed by atoms with Crippen LogP contribution in [0.15, 0.2) is 20.1 Å². The fourth-order valence-electron chi connectivity index (χ4n) is 4.75. The van der Waals surface area contributed by atoms with Crippen LogP contribution in [0, 0.1) is 5.41 Å². The van der Waals surface area contributed by atoms with Gasteiger partial charge in [-0.1, -0.05) is 65.7 Å². The summed E-state index contributed by atoms with van der Waals surface area (Å²) >= 11 is 45.0. The van der Waals surface area contributed by atoms with E-state index in [9.17, 15) is 9.59 Å². The van der Waals surface area contributed by atoms with Crippen LogP contribution in [0.4, 0.5) is 0 Å². The molecule has 0 aromatic heterocycles. The molecule has 1 spiro atoms. The molecule has 26 heavy (non-hydrogen) atoms. The predicted molar refractivity (Wildman–Crippen MR) is 106 cm³/mol. The normalized spacial score (nSPS) is 45.1. The van der Waals surface area contributed by atoms with Gasteiger partial charge < -0.3 is 5.32 Å². The summed E-state index contributed by atoms with van der Waals surface area (Å²) in [5, 5.41) is 2.06. The first-order valence-electron chi connectivity index (χ1n) is 8.09. The minimum absolute atomic E-state index is 0.0526. The minimum Gasteiger partial charge on any atom is -0.352 e. The van der Waals surface area contributed by atoms with Gasteiger partial charge in [0.15, 0.2) is 10.7 Å². The lowest BCUT2D eigenvalue weighted by molar-refractivity contribution is -0.126. The molecule has 0 saturated heterocycles. The molecule has 0 aromatic rings. The Balaban J connectivity index is 1.81. The second-order valence-corrected chi connectivity index (χ2v) is 10.3. The van der Waals surface area contributed by atoms with Gasteiger partial charge in [0.25, 0.3) is 0 Å². The Morgan fingerprint density at radius 1 is 0.923 bits per heavy atom. The third-order valence-corrected chi connectivity index (χ3v) is 10.6. The molecular weight excluding hydrogens is 486 g/mol. The Morgan fingerprint density at radius 2 is 1.50 bits per heavy atom. The van der Waals surface area contributed by atoms with Crippen molar-refractivity contribution in [2.75, 3.05) is 0 Å². The van der Waals surface area contributed by atoms with E-state index in [1.54, 1.807) is 0 Å². The maximum atomic E-state index is 13.1. The van der Waals surface area contributed by atoms with Crippen molar-refractivity contribution >= 4 is 92.9 Å². The highest BCUT2D eigenvalue weighted by Crippen LogP contribution is 2.90. The highest BCUT2D eigenvalue weighted by Gasteiger charge is 3.05. The largest absolute Gasteiger partial charge is 0.352 e. The number of Topliss-reactive ketones (excluding diaryl/α,β-unsaturated/α-hetero) is 1. The van der Waals surface area contributed by atoms with Crippen molar-refractivity contribution in [3.05, 3.63) is 20.1 Å². The lowest BCUT2D eigenvalue weighted by atomic mass is 9.87. The molecule has 0 heterocycles. The van der Waals surface area contributed by atoms with Crippen LogP contribution in [0.2, 0.25) is 0 Å². The molecule has 4 rings (SSSR count). The molecule has 4 atom stereocenters. The predicted octanol–water partition coefficient (Wildman–Crippen LogP) is 5.34. The van der Waals surface area contributed by atoms with Crippen molar-refractivity contribution < 1.29 is 9.59 Å². The maximum Gasteiger partial charge on any atom is 0.244 e. The van der Waals surface area contributed by atoms with Crippen molar-refractivity contribution in [1.29, 1.82) is 0 Å². The molecule has 4 aliphatic rings. The van der Waals surface area contributed by atoms with E-state index in [1.165, 1.54) is 0 Å². The quantitative estimate of drug-likeness (QED) is 0.523. The number of alkyl halides is 3. The zero-order valence-corrected chi connectivity index (χ0v) is 18.4. The van der Waals surface area contributed by atoms with Crippen LogP contribution < -0.4 is 5.32 Å². The molecule has 0 aromatic carbocycles. The van der Waals surface area contributed by atoms with E-state index in [0.717, 1.165) is 32.1 Å². The van der Waals surface area contributed by atoms with Crippen molar-refractivity contribution in [2.24, 2.45) is 5.41 Å². The van der Waals surface area contributed by atoms with E-state index in [0.29, 0.717) is 0 Å². The fourth-order valence-corrected chi connectivity index (χ4v) is 8.36. The summed E-state index contributed by atoms with van der Waals surface area (Å²) in [5.74, 6) is -1.34. The van der Waals surface area contributed by atoms with E-state index in [4.69, 9.17) is 81.2 Å². The first-order valence-corrected chi connectivity index (χ1v) is 10.7. The highest BCUT2D eigenvalue weighted by atomic mass is 35.5. The molecule has 1 unspecified atom stereocenters. The minimum atomic E-state index is -1.94. The first-order chi connectivity index (χ1) is 12.0. The molecule has 142 valence electrons. The Morgan fingerprint density at radius 3 is 2.08 bits per heavy atom. The number of carbonyl (C=O) groups is 2. The molecule has 1 N–H and O–H groups in total. The molecule has 0 radical (unpaired) electrons. The summed E-state index contributed by atoms with van der Waals surface area (Å²) in [6, 6.07) is -0.0526. The van der Waals surface area contributed by atoms with Crippen LogP contribution in [0.5, 0.6) is 0 Å². The summed E-state index contributed by atoms with van der Waals surface area (Å²) in [5.41, 5.74) is -1.86. The van der Waals surface area contributed by atoms with Gasteiger partial charge in [-0.25, -0.2) is 0 Å². The summed E-state index contributed by atoms with van der Waals surface area (Å²) in [7, 11) is 0. The number of allylic oxidation sites excluding steroid dienone is 4. The number of ketones is 1. The van der Waals surface area contributed by atoms with Crippen LogP contribution in [0.1, 0.15) is 32.1 Å². The maximum absolute atomic E-state index is 13.1. The lowest BCUT2D eigenvalue weighted by Crippen LogP contribution is -2.49. The molecule has 2 fully saturated rings. The Hall–Kier alpha value is 0.650. The average Bonchev–Trinajstić information content (AvgIpc) is 2.99. The van der Waals surface area contributed by atoms with Gasteiger partial charge in [-0.05, 0) is 12.8 Å². The number of halogens is 7. The monoisotopic (exact) mass is 495 g/mol. The Kier molecular flexibility index (Phi) is 4.48. The van der Waals surface area contributed by atoms with Crippen LogP contribution >= 0.6 is 81.2 Å². The van der Waals surface area contributed by atoms with Gasteiger partial charge in [0.05, 0.1) is 15.1 Å². The van der Waals surface area contributed by atoms with E-state index in [-0.39, 0.29) is 26.2 Å². The van der Waals surface area contributed by atoms with Crippen molar-refractivity contribution in [3.63, 3.8) is 0 Å². The van der Waals surface area contributed by atoms with Crippen molar-refractivity contribution in [1.82, 2.24) is 5.32 Å². The van der Waals surface area contributed by atoms with Gasteiger partial charge in [-0.3, -0.25) is 9.59 Å². The SMILES string of the molecule is O=C1C(Cl)=C(Cl)[C@]2(Cl)C(Cl)=C(Cl)[C@]3(Cl)C12[C@]3(Cl)C(=O)NC1CCCCC1. The number of rotatable bonds is 2. The highest BCUT2D eigenvalue weighted by molar-refractivity contribution is 6.69. The van der Waals surface area contributed by atoms with Crippen LogP contribution in [-0.2, 0) is 9.59 Å². The average molecular weight is 498 g/mol. The third kappa shape index (κ3) is 1.75. The number of carbonyl (C=O) groups excluding carboxylic acids is 2. The van der Waals surface area contributed by atoms with E-state index in [2.05, 4.69) is 5.32 Å². The molecular formula is C16H12Cl7NO2. The number of amides is 1. The zero-order valence-electron chi connectivity index (χ0n) is 13.1. The van der Waals surface area contributed by atoms with Gasteiger partial charge >= 0.3 is 0 Å². The third-order valence-electron chi connectivity index (χ3n) is 6.05. The van der Waals surface area contributed by atoms with Gasteiger partial charge in [0.1, 0.15) is 20.2 Å². The van der Waals surface area contributed by atoms with Gasteiger partial charge in [0.2, 0.25) is 5.91 Å². The molecule has 0 aliphatic heterocycles. The number of hydrogen-bond donors (Lipinski definition) is 1. The van der Waals surface area contributed by atoms with Gasteiger partial charge in [-0.15, -0.1) is 34.8 Å². The van der Waals surface area contributed by atoms with Crippen LogP contribution in [0.3, 0.4) is 0 Å². The summed E-state index contributed by atoms with van der Waals surface area (Å²) in [6.45, 7) is 0.